The molecule has 2 unspecified atom stereocenters. The number of hydrogen-bond acceptors (Lipinski definition) is 13. The number of phenolic OH excluding ortho intramolecular Hbond substituents is 1. The van der Waals surface area contributed by atoms with Crippen molar-refractivity contribution < 1.29 is 39.0 Å². The number of carboxylic acid groups (broad SMARTS) is 1. The third-order valence-electron chi connectivity index (χ3n) is 5.69. The number of nitrogens with zero attached hydrogens (tertiary/aromatic N) is 6. The molecule has 1 fully saturated rings. The molecule has 0 radical (unpaired) electrons. The molecule has 4 rings (SSSR count). The van der Waals surface area contributed by atoms with Gasteiger partial charge in [0.25, 0.3) is 11.8 Å². The molecule has 42 heavy (non-hydrogen) atoms. The Morgan fingerprint density at radius 2 is 2.05 bits per heavy atom. The zero-order valence-corrected chi connectivity index (χ0v) is 25.1. The molecular weight excluding hydrogens is 614 g/mol. The third-order valence-corrected chi connectivity index (χ3v) is 8.43. The van der Waals surface area contributed by atoms with E-state index in [1.165, 1.54) is 46.4 Å². The van der Waals surface area contributed by atoms with E-state index in [0.717, 1.165) is 4.90 Å². The Labute approximate surface area is 252 Å². The normalized spacial score (nSPS) is 18.7. The second-order valence-electron chi connectivity index (χ2n) is 9.96. The van der Waals surface area contributed by atoms with Gasteiger partial charge in [0.15, 0.2) is 5.71 Å². The summed E-state index contributed by atoms with van der Waals surface area (Å²) in [6, 6.07) is 2.78. The minimum absolute atomic E-state index is 0.0763. The molecule has 0 aliphatic carbocycles. The summed E-state index contributed by atoms with van der Waals surface area (Å²) in [5.41, 5.74) is -0.626. The van der Waals surface area contributed by atoms with Crippen molar-refractivity contribution >= 4 is 64.6 Å². The molecule has 2 atom stereocenters. The van der Waals surface area contributed by atoms with Crippen molar-refractivity contribution in [3.8, 4) is 5.75 Å². The number of oxime groups is 1. The van der Waals surface area contributed by atoms with E-state index in [1.54, 1.807) is 27.8 Å². The number of aliphatic carboxylic acids is 1. The van der Waals surface area contributed by atoms with Crippen LogP contribution in [0.15, 0.2) is 39.8 Å². The van der Waals surface area contributed by atoms with Crippen molar-refractivity contribution in [3.05, 3.63) is 40.1 Å². The van der Waals surface area contributed by atoms with Gasteiger partial charge in [-0.3, -0.25) is 14.5 Å². The van der Waals surface area contributed by atoms with Crippen LogP contribution in [0.5, 0.6) is 5.75 Å². The van der Waals surface area contributed by atoms with Gasteiger partial charge < -0.3 is 25.1 Å². The molecule has 2 aliphatic rings. The van der Waals surface area contributed by atoms with Gasteiger partial charge in [-0.05, 0) is 55.0 Å². The van der Waals surface area contributed by atoms with E-state index in [-0.39, 0.29) is 39.3 Å². The second kappa shape index (κ2) is 12.6. The number of ether oxygens (including phenoxy) is 1. The molecule has 3 N–H and O–H groups in total. The van der Waals surface area contributed by atoms with E-state index in [4.69, 9.17) is 21.2 Å². The van der Waals surface area contributed by atoms with Crippen LogP contribution in [0.2, 0.25) is 5.02 Å². The van der Waals surface area contributed by atoms with Gasteiger partial charge in [0, 0.05) is 24.1 Å². The Hall–Kier alpha value is -3.83. The van der Waals surface area contributed by atoms with Gasteiger partial charge in [-0.1, -0.05) is 28.5 Å². The number of hydrogen-bond donors (Lipinski definition) is 3. The van der Waals surface area contributed by atoms with Crippen LogP contribution in [0.1, 0.15) is 26.3 Å². The topological polar surface area (TPSA) is 198 Å². The Morgan fingerprint density at radius 1 is 1.31 bits per heavy atom. The van der Waals surface area contributed by atoms with Gasteiger partial charge in [-0.15, -0.1) is 16.9 Å². The number of aryl methyl sites for hydroxylation is 1. The molecule has 1 aromatic heterocycles. The molecule has 2 aromatic rings. The van der Waals surface area contributed by atoms with E-state index in [0.29, 0.717) is 10.7 Å². The zero-order chi connectivity index (χ0) is 30.8. The maximum Gasteiger partial charge on any atom is 0.352 e. The van der Waals surface area contributed by atoms with Crippen LogP contribution in [0.25, 0.3) is 0 Å². The predicted molar refractivity (Wildman–Crippen MR) is 151 cm³/mol. The summed E-state index contributed by atoms with van der Waals surface area (Å²) >= 11 is 8.53. The van der Waals surface area contributed by atoms with Crippen LogP contribution in [0, 0.1) is 0 Å². The molecule has 2 aliphatic heterocycles. The predicted octanol–water partition coefficient (Wildman–Crippen LogP) is 1.16. The SMILES string of the molecule is Cn1nnnc1SCC1=C(C(=O)O)N2C(=O)C(NC(=O)/C(=N/OCC(=O)OC(C)(C)C)c3ccc(O)c(Cl)c3)C2SC1. The van der Waals surface area contributed by atoms with Gasteiger partial charge >= 0.3 is 11.9 Å². The molecule has 0 bridgehead atoms. The number of carboxylic acids is 1. The highest BCUT2D eigenvalue weighted by Crippen LogP contribution is 2.41. The number of thioether (sulfide) groups is 2. The fourth-order valence-corrected chi connectivity index (χ4v) is 6.41. The number of tetrazole rings is 1. The number of amides is 2. The number of β-lactam (4-membered cyclic amide) rings is 1. The molecule has 3 heterocycles. The highest BCUT2D eigenvalue weighted by atomic mass is 35.5. The zero-order valence-electron chi connectivity index (χ0n) is 22.7. The van der Waals surface area contributed by atoms with Crippen LogP contribution in [-0.2, 0) is 35.8 Å². The average Bonchev–Trinajstić information content (AvgIpc) is 3.32. The number of aromatic hydroxyl groups is 1. The van der Waals surface area contributed by atoms with Crippen molar-refractivity contribution in [1.29, 1.82) is 0 Å². The Balaban J connectivity index is 1.50. The number of aromatic nitrogens is 4. The first-order chi connectivity index (χ1) is 19.8. The lowest BCUT2D eigenvalue weighted by Crippen LogP contribution is -2.71. The molecular formula is C24H26ClN7O8S2. The number of carbonyl (C=O) groups excluding carboxylic acids is 3. The minimum Gasteiger partial charge on any atom is -0.506 e. The van der Waals surface area contributed by atoms with E-state index < -0.39 is 47.4 Å². The van der Waals surface area contributed by atoms with Crippen LogP contribution in [0.3, 0.4) is 0 Å². The number of nitrogens with one attached hydrogen (secondary N) is 1. The summed E-state index contributed by atoms with van der Waals surface area (Å²) in [6.07, 6.45) is 0. The Bertz CT molecular complexity index is 1490. The van der Waals surface area contributed by atoms with Gasteiger partial charge in [-0.25, -0.2) is 14.3 Å². The summed E-state index contributed by atoms with van der Waals surface area (Å²) in [7, 11) is 1.65. The number of esters is 1. The maximum absolute atomic E-state index is 13.3. The quantitative estimate of drug-likeness (QED) is 0.110. The largest absolute Gasteiger partial charge is 0.506 e. The monoisotopic (exact) mass is 639 g/mol. The van der Waals surface area contributed by atoms with Gasteiger partial charge in [-0.2, -0.15) is 0 Å². The fourth-order valence-electron chi connectivity index (χ4n) is 3.90. The van der Waals surface area contributed by atoms with Gasteiger partial charge in [0.05, 0.1) is 5.02 Å². The number of benzene rings is 1. The molecule has 1 saturated heterocycles. The molecule has 15 nitrogen and oxygen atoms in total. The molecule has 0 saturated carbocycles. The van der Waals surface area contributed by atoms with Crippen molar-refractivity contribution in [2.75, 3.05) is 18.1 Å². The first-order valence-corrected chi connectivity index (χ1v) is 14.6. The summed E-state index contributed by atoms with van der Waals surface area (Å²) < 4.78 is 6.61. The summed E-state index contributed by atoms with van der Waals surface area (Å²) in [4.78, 5) is 56.9. The number of rotatable bonds is 10. The standard InChI is InChI=1S/C24H26ClN7O8S2/c1-24(2,3)40-15(34)8-39-28-16(11-5-6-14(33)13(25)7-11)19(35)26-17-20(36)32-18(22(37)38)12(9-41-21(17)32)10-42-23-27-29-30-31(23)4/h5-7,17,21,33H,8-10H2,1-4H3,(H,26,35)(H,37,38)/b28-16+. The van der Waals surface area contributed by atoms with Gasteiger partial charge in [0.2, 0.25) is 11.8 Å². The summed E-state index contributed by atoms with van der Waals surface area (Å²) in [6.45, 7) is 4.42. The highest BCUT2D eigenvalue weighted by Gasteiger charge is 2.54. The molecule has 0 spiro atoms. The smallest absolute Gasteiger partial charge is 0.352 e. The van der Waals surface area contributed by atoms with Crippen LogP contribution in [-0.4, -0.2) is 99.9 Å². The van der Waals surface area contributed by atoms with E-state index in [1.807, 2.05) is 0 Å². The minimum atomic E-state index is -1.28. The molecule has 1 aromatic carbocycles. The molecule has 224 valence electrons. The van der Waals surface area contributed by atoms with Crippen molar-refractivity contribution in [1.82, 2.24) is 30.4 Å². The lowest BCUT2D eigenvalue weighted by atomic mass is 10.0. The van der Waals surface area contributed by atoms with Crippen LogP contribution in [0.4, 0.5) is 0 Å². The number of halogens is 1. The average molecular weight is 640 g/mol. The van der Waals surface area contributed by atoms with Crippen molar-refractivity contribution in [2.24, 2.45) is 12.2 Å². The fraction of sp³-hybridized carbons (Fsp3) is 0.417. The van der Waals surface area contributed by atoms with Crippen LogP contribution >= 0.6 is 35.1 Å². The van der Waals surface area contributed by atoms with Crippen molar-refractivity contribution in [2.45, 2.75) is 42.9 Å². The Morgan fingerprint density at radius 3 is 2.67 bits per heavy atom. The van der Waals surface area contributed by atoms with E-state index >= 15 is 0 Å². The first-order valence-electron chi connectivity index (χ1n) is 12.2. The van der Waals surface area contributed by atoms with Gasteiger partial charge in [0.1, 0.15) is 28.5 Å². The lowest BCUT2D eigenvalue weighted by molar-refractivity contribution is -0.160. The van der Waals surface area contributed by atoms with E-state index in [2.05, 4.69) is 26.0 Å². The third kappa shape index (κ3) is 6.96. The van der Waals surface area contributed by atoms with Crippen molar-refractivity contribution in [3.63, 3.8) is 0 Å². The summed E-state index contributed by atoms with van der Waals surface area (Å²) in [5, 5.41) is 37.0. The first kappa shape index (κ1) is 31.1. The Kier molecular flexibility index (Phi) is 9.32. The van der Waals surface area contributed by atoms with E-state index in [9.17, 15) is 29.4 Å². The molecule has 18 heteroatoms. The lowest BCUT2D eigenvalue weighted by Gasteiger charge is -2.49. The number of phenols is 1. The maximum atomic E-state index is 13.3. The number of fused-ring (bicyclic) bond motifs is 1. The number of carbonyl (C=O) groups is 4. The van der Waals surface area contributed by atoms with Crippen LogP contribution < -0.4 is 5.32 Å². The summed E-state index contributed by atoms with van der Waals surface area (Å²) in [5.74, 6) is -3.19. The molecule has 2 amide bonds. The highest BCUT2D eigenvalue weighted by molar-refractivity contribution is 8.01. The second-order valence-corrected chi connectivity index (χ2v) is 12.4.